The van der Waals surface area contributed by atoms with Crippen molar-refractivity contribution in [2.24, 2.45) is 16.0 Å². The van der Waals surface area contributed by atoms with Crippen LogP contribution in [0.1, 0.15) is 16.1 Å². The number of azo groups is 1. The lowest BCUT2D eigenvalue weighted by atomic mass is 10.1. The number of aromatic nitrogens is 1. The lowest BCUT2D eigenvalue weighted by Gasteiger charge is -2.04. The first-order valence-electron chi connectivity index (χ1n) is 6.03. The van der Waals surface area contributed by atoms with Crippen LogP contribution in [-0.2, 0) is 4.79 Å². The van der Waals surface area contributed by atoms with E-state index in [2.05, 4.69) is 15.2 Å². The molecule has 1 aromatic carbocycles. The van der Waals surface area contributed by atoms with Gasteiger partial charge in [-0.3, -0.25) is 15.5 Å². The number of hydrogen-bond acceptors (Lipinski definition) is 6. The van der Waals surface area contributed by atoms with Crippen molar-refractivity contribution >= 4 is 17.4 Å². The van der Waals surface area contributed by atoms with Crippen molar-refractivity contribution < 1.29 is 14.7 Å². The standard InChI is InChI=1S/C14H12N4O3/c15-13(14(20)21)18-17-10-6-2-1-5-9(10)12(19)11-7-3-4-8-16-11/h1-8,13H,15H2,(H,20,21). The number of carboxylic acid groups (broad SMARTS) is 1. The van der Waals surface area contributed by atoms with E-state index in [9.17, 15) is 9.59 Å². The molecule has 1 aromatic heterocycles. The van der Waals surface area contributed by atoms with Crippen molar-refractivity contribution in [3.8, 4) is 0 Å². The van der Waals surface area contributed by atoms with Crippen molar-refractivity contribution in [2.75, 3.05) is 0 Å². The predicted molar refractivity (Wildman–Crippen MR) is 74.2 cm³/mol. The molecule has 7 heteroatoms. The second-order valence-corrected chi connectivity index (χ2v) is 4.06. The molecular weight excluding hydrogens is 272 g/mol. The topological polar surface area (TPSA) is 118 Å². The molecule has 1 heterocycles. The zero-order valence-corrected chi connectivity index (χ0v) is 10.9. The molecule has 0 saturated heterocycles. The van der Waals surface area contributed by atoms with E-state index < -0.39 is 12.1 Å². The minimum Gasteiger partial charge on any atom is -0.479 e. The van der Waals surface area contributed by atoms with E-state index in [1.807, 2.05) is 0 Å². The third kappa shape index (κ3) is 3.54. The zero-order valence-electron chi connectivity index (χ0n) is 10.9. The number of pyridine rings is 1. The molecule has 0 saturated carbocycles. The Kier molecular flexibility index (Phi) is 4.47. The number of nitrogens with two attached hydrogens (primary N) is 1. The molecule has 7 nitrogen and oxygen atoms in total. The first-order chi connectivity index (χ1) is 10.1. The Labute approximate surface area is 120 Å². The maximum absolute atomic E-state index is 12.3. The molecule has 2 rings (SSSR count). The molecule has 1 unspecified atom stereocenters. The van der Waals surface area contributed by atoms with E-state index in [1.165, 1.54) is 6.20 Å². The fourth-order valence-corrected chi connectivity index (χ4v) is 1.56. The highest BCUT2D eigenvalue weighted by atomic mass is 16.4. The van der Waals surface area contributed by atoms with Crippen LogP contribution >= 0.6 is 0 Å². The first kappa shape index (κ1) is 14.5. The number of carboxylic acids is 1. The maximum Gasteiger partial charge on any atom is 0.345 e. The normalized spacial score (nSPS) is 12.2. The maximum atomic E-state index is 12.3. The van der Waals surface area contributed by atoms with Gasteiger partial charge in [-0.05, 0) is 24.3 Å². The summed E-state index contributed by atoms with van der Waals surface area (Å²) in [6.45, 7) is 0. The number of carbonyl (C=O) groups excluding carboxylic acids is 1. The number of carbonyl (C=O) groups is 2. The number of aliphatic carboxylic acids is 1. The Morgan fingerprint density at radius 1 is 1.14 bits per heavy atom. The van der Waals surface area contributed by atoms with Gasteiger partial charge < -0.3 is 5.11 Å². The number of nitrogens with zero attached hydrogens (tertiary/aromatic N) is 3. The molecule has 0 bridgehead atoms. The first-order valence-corrected chi connectivity index (χ1v) is 6.03. The van der Waals surface area contributed by atoms with Gasteiger partial charge in [0.15, 0.2) is 0 Å². The van der Waals surface area contributed by atoms with Gasteiger partial charge in [0.25, 0.3) is 0 Å². The van der Waals surface area contributed by atoms with Gasteiger partial charge in [0.1, 0.15) is 5.69 Å². The molecule has 3 N–H and O–H groups in total. The second kappa shape index (κ2) is 6.49. The number of benzene rings is 1. The van der Waals surface area contributed by atoms with Crippen molar-refractivity contribution in [3.05, 3.63) is 59.9 Å². The largest absolute Gasteiger partial charge is 0.479 e. The van der Waals surface area contributed by atoms with Crippen molar-refractivity contribution in [1.29, 1.82) is 0 Å². The minimum atomic E-state index is -1.47. The molecule has 1 atom stereocenters. The fraction of sp³-hybridized carbons (Fsp3) is 0.0714. The minimum absolute atomic E-state index is 0.241. The summed E-state index contributed by atoms with van der Waals surface area (Å²) in [5.41, 5.74) is 6.03. The number of ketones is 1. The van der Waals surface area contributed by atoms with Gasteiger partial charge in [-0.25, -0.2) is 4.79 Å². The monoisotopic (exact) mass is 284 g/mol. The molecule has 0 spiro atoms. The summed E-state index contributed by atoms with van der Waals surface area (Å²) >= 11 is 0. The molecule has 0 radical (unpaired) electrons. The summed E-state index contributed by atoms with van der Waals surface area (Å²) < 4.78 is 0. The molecular formula is C14H12N4O3. The smallest absolute Gasteiger partial charge is 0.345 e. The molecule has 106 valence electrons. The lowest BCUT2D eigenvalue weighted by molar-refractivity contribution is -0.138. The van der Waals surface area contributed by atoms with Gasteiger partial charge in [-0.1, -0.05) is 18.2 Å². The average Bonchev–Trinajstić information content (AvgIpc) is 2.53. The van der Waals surface area contributed by atoms with Crippen LogP contribution in [0.3, 0.4) is 0 Å². The molecule has 0 aliphatic rings. The van der Waals surface area contributed by atoms with E-state index in [1.54, 1.807) is 42.5 Å². The van der Waals surface area contributed by atoms with Crippen LogP contribution in [0.15, 0.2) is 58.9 Å². The fourth-order valence-electron chi connectivity index (χ4n) is 1.56. The molecule has 21 heavy (non-hydrogen) atoms. The van der Waals surface area contributed by atoms with E-state index in [0.717, 1.165) is 0 Å². The highest BCUT2D eigenvalue weighted by Crippen LogP contribution is 2.21. The summed E-state index contributed by atoms with van der Waals surface area (Å²) in [5.74, 6) is -1.62. The summed E-state index contributed by atoms with van der Waals surface area (Å²) in [5, 5.41) is 15.9. The second-order valence-electron chi connectivity index (χ2n) is 4.06. The van der Waals surface area contributed by atoms with Crippen LogP contribution in [0.4, 0.5) is 5.69 Å². The van der Waals surface area contributed by atoms with Crippen molar-refractivity contribution in [2.45, 2.75) is 6.17 Å². The number of rotatable bonds is 5. The number of hydrogen-bond donors (Lipinski definition) is 2. The van der Waals surface area contributed by atoms with Crippen LogP contribution in [0.25, 0.3) is 0 Å². The Morgan fingerprint density at radius 3 is 2.52 bits per heavy atom. The van der Waals surface area contributed by atoms with E-state index >= 15 is 0 Å². The zero-order chi connectivity index (χ0) is 15.2. The summed E-state index contributed by atoms with van der Waals surface area (Å²) in [6.07, 6.45) is 0.0422. The molecule has 0 fully saturated rings. The molecule has 2 aromatic rings. The van der Waals surface area contributed by atoms with Gasteiger partial charge in [-0.15, -0.1) is 0 Å². The highest BCUT2D eigenvalue weighted by molar-refractivity contribution is 6.10. The van der Waals surface area contributed by atoms with E-state index in [0.29, 0.717) is 0 Å². The third-order valence-corrected chi connectivity index (χ3v) is 2.59. The Bertz CT molecular complexity index is 686. The lowest BCUT2D eigenvalue weighted by Crippen LogP contribution is -2.27. The highest BCUT2D eigenvalue weighted by Gasteiger charge is 2.15. The SMILES string of the molecule is NC(N=Nc1ccccc1C(=O)c1ccccn1)C(=O)O. The summed E-state index contributed by atoms with van der Waals surface area (Å²) in [6, 6.07) is 11.4. The van der Waals surface area contributed by atoms with Crippen LogP contribution in [0.5, 0.6) is 0 Å². The van der Waals surface area contributed by atoms with E-state index in [-0.39, 0.29) is 22.7 Å². The van der Waals surface area contributed by atoms with Gasteiger partial charge in [-0.2, -0.15) is 10.2 Å². The van der Waals surface area contributed by atoms with Crippen LogP contribution in [0.2, 0.25) is 0 Å². The van der Waals surface area contributed by atoms with Gasteiger partial charge in [0.05, 0.1) is 11.3 Å². The third-order valence-electron chi connectivity index (χ3n) is 2.59. The summed E-state index contributed by atoms with van der Waals surface area (Å²) in [4.78, 5) is 26.9. The Balaban J connectivity index is 2.33. The summed E-state index contributed by atoms with van der Waals surface area (Å²) in [7, 11) is 0. The quantitative estimate of drug-likeness (QED) is 0.640. The average molecular weight is 284 g/mol. The Hall–Kier alpha value is -2.93. The van der Waals surface area contributed by atoms with Crippen molar-refractivity contribution in [1.82, 2.24) is 4.98 Å². The van der Waals surface area contributed by atoms with Crippen LogP contribution in [0, 0.1) is 0 Å². The molecule has 0 aliphatic heterocycles. The van der Waals surface area contributed by atoms with Crippen molar-refractivity contribution in [3.63, 3.8) is 0 Å². The molecule has 0 amide bonds. The molecule has 0 aliphatic carbocycles. The van der Waals surface area contributed by atoms with E-state index in [4.69, 9.17) is 10.8 Å². The van der Waals surface area contributed by atoms with Gasteiger partial charge >= 0.3 is 5.97 Å². The van der Waals surface area contributed by atoms with Gasteiger partial charge in [0, 0.05) is 6.20 Å². The predicted octanol–water partition coefficient (Wildman–Crippen LogP) is 1.77. The van der Waals surface area contributed by atoms with Gasteiger partial charge in [0.2, 0.25) is 11.9 Å². The van der Waals surface area contributed by atoms with Crippen LogP contribution < -0.4 is 5.73 Å². The Morgan fingerprint density at radius 2 is 1.86 bits per heavy atom. The van der Waals surface area contributed by atoms with Crippen LogP contribution in [-0.4, -0.2) is 28.0 Å².